The molecule has 9 nitrogen and oxygen atoms in total. The Morgan fingerprint density at radius 2 is 1.83 bits per heavy atom. The lowest BCUT2D eigenvalue weighted by Crippen LogP contribution is -2.48. The molecule has 0 unspecified atom stereocenters. The zero-order chi connectivity index (χ0) is 29.1. The van der Waals surface area contributed by atoms with Crippen LogP contribution in [0.4, 0.5) is 35.2 Å². The normalized spacial score (nSPS) is 16.5. The number of nitrogen functional groups attached to an aromatic ring is 1. The van der Waals surface area contributed by atoms with Crippen molar-refractivity contribution in [3.05, 3.63) is 65.5 Å². The molecule has 41 heavy (non-hydrogen) atoms. The average molecular weight is 570 g/mol. The number of alkyl halides is 3. The van der Waals surface area contributed by atoms with Gasteiger partial charge in [0.1, 0.15) is 17.9 Å². The molecule has 0 spiro atoms. The summed E-state index contributed by atoms with van der Waals surface area (Å²) in [5.41, 5.74) is 7.11. The predicted molar refractivity (Wildman–Crippen MR) is 151 cm³/mol. The molecule has 1 aromatic heterocycles. The second-order valence-electron chi connectivity index (χ2n) is 10.7. The summed E-state index contributed by atoms with van der Waals surface area (Å²) in [6.07, 6.45) is -1.81. The van der Waals surface area contributed by atoms with Gasteiger partial charge >= 0.3 is 12.2 Å². The first-order valence-electron chi connectivity index (χ1n) is 13.7. The number of amides is 2. The van der Waals surface area contributed by atoms with Crippen molar-refractivity contribution in [2.24, 2.45) is 0 Å². The molecule has 2 aliphatic heterocycles. The summed E-state index contributed by atoms with van der Waals surface area (Å²) < 4.78 is 47.2. The maximum absolute atomic E-state index is 13.8. The molecule has 0 saturated carbocycles. The number of urea groups is 1. The number of carbonyl (C=O) groups excluding carboxylic acids is 1. The summed E-state index contributed by atoms with van der Waals surface area (Å²) in [7, 11) is 0. The molecule has 3 N–H and O–H groups in total. The number of halogens is 3. The van der Waals surface area contributed by atoms with Gasteiger partial charge in [0.2, 0.25) is 5.88 Å². The van der Waals surface area contributed by atoms with E-state index in [0.29, 0.717) is 48.4 Å². The quantitative estimate of drug-likeness (QED) is 0.411. The number of nitrogens with two attached hydrogens (primary N) is 1. The molecule has 2 amide bonds. The fourth-order valence-electron chi connectivity index (χ4n) is 5.28. The zero-order valence-corrected chi connectivity index (χ0v) is 23.1. The predicted octanol–water partition coefficient (Wildman–Crippen LogP) is 5.38. The maximum atomic E-state index is 13.8. The number of rotatable bonds is 6. The number of hydrogen-bond acceptors (Lipinski definition) is 7. The summed E-state index contributed by atoms with van der Waals surface area (Å²) in [6.45, 7) is 8.39. The van der Waals surface area contributed by atoms with E-state index in [-0.39, 0.29) is 11.5 Å². The Balaban J connectivity index is 1.31. The molecular formula is C29H34F3N7O2. The molecule has 3 aromatic rings. The Kier molecular flexibility index (Phi) is 8.32. The van der Waals surface area contributed by atoms with Crippen molar-refractivity contribution >= 4 is 23.2 Å². The van der Waals surface area contributed by atoms with Crippen LogP contribution in [-0.2, 0) is 19.1 Å². The number of piperazine rings is 1. The number of ether oxygens (including phenoxy) is 1. The van der Waals surface area contributed by atoms with Crippen LogP contribution < -0.4 is 20.7 Å². The number of fused-ring (bicyclic) bond motifs is 1. The van der Waals surface area contributed by atoms with Crippen LogP contribution in [0.2, 0.25) is 0 Å². The Labute approximate surface area is 237 Å². The van der Waals surface area contributed by atoms with Crippen LogP contribution in [0.3, 0.4) is 0 Å². The number of nitrogens with one attached hydrogen (secondary N) is 1. The van der Waals surface area contributed by atoms with E-state index in [1.807, 2.05) is 6.07 Å². The van der Waals surface area contributed by atoms with E-state index >= 15 is 0 Å². The first-order chi connectivity index (χ1) is 19.5. The number of aromatic nitrogens is 2. The number of benzene rings is 2. The molecule has 2 aliphatic rings. The van der Waals surface area contributed by atoms with Gasteiger partial charge in [-0.25, -0.2) is 14.8 Å². The molecule has 0 atom stereocenters. The van der Waals surface area contributed by atoms with Gasteiger partial charge in [0.05, 0.1) is 5.56 Å². The van der Waals surface area contributed by atoms with E-state index in [2.05, 4.69) is 38.9 Å². The van der Waals surface area contributed by atoms with Gasteiger partial charge in [-0.3, -0.25) is 14.7 Å². The first-order valence-corrected chi connectivity index (χ1v) is 13.7. The summed E-state index contributed by atoms with van der Waals surface area (Å²) in [4.78, 5) is 27.3. The minimum atomic E-state index is -4.53. The maximum Gasteiger partial charge on any atom is 0.416 e. The Hall–Kier alpha value is -3.90. The molecule has 5 rings (SSSR count). The van der Waals surface area contributed by atoms with Crippen LogP contribution in [0.15, 0.2) is 48.8 Å². The SMILES string of the molecule is CC(C)N1CCN(Cc2cc(NC(=O)N3CCCc4cc(Oc5cc(N)ncn5)ccc43)cc(C(F)(F)F)c2)CC1. The van der Waals surface area contributed by atoms with E-state index in [0.717, 1.165) is 44.2 Å². The van der Waals surface area contributed by atoms with Crippen molar-refractivity contribution in [3.8, 4) is 11.6 Å². The third kappa shape index (κ3) is 7.06. The molecule has 2 aromatic carbocycles. The lowest BCUT2D eigenvalue weighted by molar-refractivity contribution is -0.137. The van der Waals surface area contributed by atoms with E-state index in [1.54, 1.807) is 23.1 Å². The molecule has 218 valence electrons. The molecule has 1 saturated heterocycles. The van der Waals surface area contributed by atoms with E-state index in [9.17, 15) is 18.0 Å². The number of carbonyl (C=O) groups is 1. The zero-order valence-electron chi connectivity index (χ0n) is 23.1. The van der Waals surface area contributed by atoms with Gasteiger partial charge in [-0.15, -0.1) is 0 Å². The van der Waals surface area contributed by atoms with E-state index < -0.39 is 17.8 Å². The first kappa shape index (κ1) is 28.6. The number of anilines is 3. The van der Waals surface area contributed by atoms with Crippen molar-refractivity contribution < 1.29 is 22.7 Å². The van der Waals surface area contributed by atoms with Crippen LogP contribution in [0.1, 0.15) is 37.0 Å². The van der Waals surface area contributed by atoms with Gasteiger partial charge in [-0.05, 0) is 74.2 Å². The number of aryl methyl sites for hydroxylation is 1. The lowest BCUT2D eigenvalue weighted by Gasteiger charge is -2.37. The van der Waals surface area contributed by atoms with Crippen LogP contribution in [0.5, 0.6) is 11.6 Å². The Morgan fingerprint density at radius 3 is 2.54 bits per heavy atom. The lowest BCUT2D eigenvalue weighted by atomic mass is 10.0. The molecule has 12 heteroatoms. The van der Waals surface area contributed by atoms with Crippen molar-refractivity contribution in [1.82, 2.24) is 19.8 Å². The van der Waals surface area contributed by atoms with Gasteiger partial charge in [-0.1, -0.05) is 0 Å². The largest absolute Gasteiger partial charge is 0.439 e. The van der Waals surface area contributed by atoms with E-state index in [4.69, 9.17) is 10.5 Å². The van der Waals surface area contributed by atoms with E-state index in [1.165, 1.54) is 18.5 Å². The summed E-state index contributed by atoms with van der Waals surface area (Å²) in [5.74, 6) is 1.10. The van der Waals surface area contributed by atoms with Crippen molar-refractivity contribution in [2.45, 2.75) is 45.5 Å². The fourth-order valence-corrected chi connectivity index (χ4v) is 5.28. The van der Waals surface area contributed by atoms with Crippen LogP contribution in [-0.4, -0.2) is 64.6 Å². The van der Waals surface area contributed by atoms with Crippen molar-refractivity contribution in [2.75, 3.05) is 48.7 Å². The molecule has 3 heterocycles. The number of nitrogens with zero attached hydrogens (tertiary/aromatic N) is 5. The van der Waals surface area contributed by atoms with Crippen molar-refractivity contribution in [3.63, 3.8) is 0 Å². The smallest absolute Gasteiger partial charge is 0.416 e. The van der Waals surface area contributed by atoms with Crippen molar-refractivity contribution in [1.29, 1.82) is 0 Å². The summed E-state index contributed by atoms with van der Waals surface area (Å²) in [5, 5.41) is 2.72. The molecule has 0 aliphatic carbocycles. The Morgan fingerprint density at radius 1 is 1.05 bits per heavy atom. The summed E-state index contributed by atoms with van der Waals surface area (Å²) in [6, 6.07) is 10.6. The van der Waals surface area contributed by atoms with Gasteiger partial charge in [-0.2, -0.15) is 13.2 Å². The minimum absolute atomic E-state index is 0.120. The average Bonchev–Trinajstić information content (AvgIpc) is 2.92. The van der Waals surface area contributed by atoms with Gasteiger partial charge in [0.25, 0.3) is 0 Å². The topological polar surface area (TPSA) is 99.8 Å². The van der Waals surface area contributed by atoms with Gasteiger partial charge in [0.15, 0.2) is 0 Å². The highest BCUT2D eigenvalue weighted by atomic mass is 19.4. The fraction of sp³-hybridized carbons (Fsp3) is 0.414. The van der Waals surface area contributed by atoms with Crippen LogP contribution >= 0.6 is 0 Å². The molecule has 0 radical (unpaired) electrons. The minimum Gasteiger partial charge on any atom is -0.439 e. The second kappa shape index (κ2) is 11.9. The highest BCUT2D eigenvalue weighted by Gasteiger charge is 2.32. The second-order valence-corrected chi connectivity index (χ2v) is 10.7. The van der Waals surface area contributed by atoms with Gasteiger partial charge in [0, 0.05) is 62.8 Å². The molecule has 1 fully saturated rings. The molecular weight excluding hydrogens is 535 g/mol. The van der Waals surface area contributed by atoms with Crippen LogP contribution in [0.25, 0.3) is 0 Å². The standard InChI is InChI=1S/C29H34F3N7O2/c1-19(2)38-10-8-37(9-11-38)17-20-12-22(29(30,31)32)15-23(13-20)36-28(40)39-7-3-4-21-14-24(5-6-25(21)39)41-27-16-26(33)34-18-35-27/h5-6,12-16,18-19H,3-4,7-11,17H2,1-2H3,(H,36,40)(H2,33,34,35). The number of hydrogen-bond donors (Lipinski definition) is 2. The highest BCUT2D eigenvalue weighted by molar-refractivity contribution is 6.02. The molecule has 0 bridgehead atoms. The summed E-state index contributed by atoms with van der Waals surface area (Å²) >= 11 is 0. The monoisotopic (exact) mass is 569 g/mol. The van der Waals surface area contributed by atoms with Gasteiger partial charge < -0.3 is 15.8 Å². The highest BCUT2D eigenvalue weighted by Crippen LogP contribution is 2.35. The third-order valence-corrected chi connectivity index (χ3v) is 7.42. The third-order valence-electron chi connectivity index (χ3n) is 7.42. The van der Waals surface area contributed by atoms with Crippen LogP contribution in [0, 0.1) is 0 Å². The Bertz CT molecular complexity index is 1390.